The van der Waals surface area contributed by atoms with E-state index < -0.39 is 0 Å². The molecule has 1 fully saturated rings. The number of nitrogens with one attached hydrogen (secondary N) is 1. The van der Waals surface area contributed by atoms with Crippen molar-refractivity contribution in [2.75, 3.05) is 19.6 Å². The van der Waals surface area contributed by atoms with Crippen molar-refractivity contribution < 1.29 is 33.7 Å². The third-order valence-corrected chi connectivity index (χ3v) is 1.73. The van der Waals surface area contributed by atoms with Crippen molar-refractivity contribution >= 4 is 5.91 Å². The molecule has 0 atom stereocenters. The molecule has 60 valence electrons. The largest absolute Gasteiger partial charge is 1.00 e. The van der Waals surface area contributed by atoms with Crippen molar-refractivity contribution in [2.24, 2.45) is 5.73 Å². The molecule has 0 radical (unpaired) electrons. The van der Waals surface area contributed by atoms with Gasteiger partial charge in [0.2, 0.25) is 0 Å². The van der Waals surface area contributed by atoms with Crippen LogP contribution in [0.25, 0.3) is 0 Å². The highest BCUT2D eigenvalue weighted by Crippen LogP contribution is 1.86. The van der Waals surface area contributed by atoms with Gasteiger partial charge in [-0.2, -0.15) is 0 Å². The zero-order valence-corrected chi connectivity index (χ0v) is 8.06. The number of carbonyl (C=O) groups is 1. The number of halogens is 1. The fourth-order valence-corrected chi connectivity index (χ4v) is 1.30. The Morgan fingerprint density at radius 2 is 1.90 bits per heavy atom. The summed E-state index contributed by atoms with van der Waals surface area (Å²) in [5.41, 5.74) is 5.01. The second-order valence-corrected chi connectivity index (χ2v) is 2.60. The minimum Gasteiger partial charge on any atom is -1.00 e. The molecule has 3 nitrogen and oxygen atoms in total. The van der Waals surface area contributed by atoms with Crippen molar-refractivity contribution in [1.29, 1.82) is 0 Å². The van der Waals surface area contributed by atoms with Gasteiger partial charge in [-0.15, -0.1) is 0 Å². The number of hydrogen-bond donors (Lipinski definition) is 2. The van der Waals surface area contributed by atoms with Gasteiger partial charge in [0.05, 0.1) is 13.1 Å². The van der Waals surface area contributed by atoms with E-state index in [1.807, 2.05) is 0 Å². The number of likely N-dealkylation sites (tertiary alicyclic amines) is 1. The Balaban J connectivity index is 0.000000810. The van der Waals surface area contributed by atoms with E-state index in [0.29, 0.717) is 6.54 Å². The van der Waals surface area contributed by atoms with Crippen LogP contribution in [0, 0.1) is 0 Å². The Labute approximate surface area is 78.0 Å². The van der Waals surface area contributed by atoms with Crippen LogP contribution in [0.1, 0.15) is 12.8 Å². The van der Waals surface area contributed by atoms with Gasteiger partial charge in [0.25, 0.3) is 5.91 Å². The fourth-order valence-electron chi connectivity index (χ4n) is 1.30. The molecule has 0 bridgehead atoms. The summed E-state index contributed by atoms with van der Waals surface area (Å²) < 4.78 is 0. The highest BCUT2D eigenvalue weighted by atomic mass is 127. The van der Waals surface area contributed by atoms with Crippen molar-refractivity contribution in [3.05, 3.63) is 0 Å². The molecule has 4 heteroatoms. The van der Waals surface area contributed by atoms with E-state index in [-0.39, 0.29) is 29.9 Å². The number of hydrogen-bond acceptors (Lipinski definition) is 1. The van der Waals surface area contributed by atoms with Crippen LogP contribution < -0.4 is 34.6 Å². The third kappa shape index (κ3) is 3.36. The molecule has 1 aliphatic heterocycles. The van der Waals surface area contributed by atoms with Gasteiger partial charge >= 0.3 is 0 Å². The molecule has 1 rings (SSSR count). The van der Waals surface area contributed by atoms with Crippen molar-refractivity contribution in [2.45, 2.75) is 12.8 Å². The summed E-state index contributed by atoms with van der Waals surface area (Å²) in [4.78, 5) is 11.7. The van der Waals surface area contributed by atoms with Crippen molar-refractivity contribution in [3.63, 3.8) is 0 Å². The Bertz CT molecular complexity index is 112. The first-order chi connectivity index (χ1) is 4.29. The van der Waals surface area contributed by atoms with E-state index in [4.69, 9.17) is 5.73 Å². The van der Waals surface area contributed by atoms with Crippen LogP contribution in [-0.2, 0) is 4.79 Å². The van der Waals surface area contributed by atoms with Gasteiger partial charge in [0.1, 0.15) is 0 Å². The lowest BCUT2D eigenvalue weighted by molar-refractivity contribution is -0.878. The van der Waals surface area contributed by atoms with E-state index in [0.717, 1.165) is 13.1 Å². The van der Waals surface area contributed by atoms with Crippen LogP contribution >= 0.6 is 0 Å². The maximum absolute atomic E-state index is 10.4. The lowest BCUT2D eigenvalue weighted by Gasteiger charge is -2.07. The molecule has 0 aromatic rings. The number of primary amides is 1. The first-order valence-electron chi connectivity index (χ1n) is 3.41. The van der Waals surface area contributed by atoms with Crippen molar-refractivity contribution in [3.8, 4) is 0 Å². The Morgan fingerprint density at radius 1 is 1.40 bits per heavy atom. The van der Waals surface area contributed by atoms with Gasteiger partial charge in [-0.3, -0.25) is 4.79 Å². The number of amides is 1. The Kier molecular flexibility index (Phi) is 4.98. The average molecular weight is 256 g/mol. The predicted molar refractivity (Wildman–Crippen MR) is 34.0 cm³/mol. The molecular formula is C6H13IN2O. The molecule has 0 spiro atoms. The van der Waals surface area contributed by atoms with E-state index in [9.17, 15) is 4.79 Å². The maximum atomic E-state index is 10.4. The lowest BCUT2D eigenvalue weighted by atomic mass is 10.4. The molecule has 0 unspecified atom stereocenters. The molecule has 3 N–H and O–H groups in total. The summed E-state index contributed by atoms with van der Waals surface area (Å²) in [5.74, 6) is -0.174. The number of nitrogens with two attached hydrogens (primary N) is 1. The fraction of sp³-hybridized carbons (Fsp3) is 0.833. The summed E-state index contributed by atoms with van der Waals surface area (Å²) in [6.07, 6.45) is 2.51. The SMILES string of the molecule is NC(=O)C[NH+]1CCCC1.[I-]. The van der Waals surface area contributed by atoms with E-state index >= 15 is 0 Å². The first kappa shape index (κ1) is 10.2. The molecule has 0 aromatic heterocycles. The smallest absolute Gasteiger partial charge is 0.272 e. The van der Waals surface area contributed by atoms with Gasteiger partial charge in [-0.1, -0.05) is 0 Å². The van der Waals surface area contributed by atoms with Crippen LogP contribution in [0.15, 0.2) is 0 Å². The summed E-state index contributed by atoms with van der Waals surface area (Å²) >= 11 is 0. The first-order valence-corrected chi connectivity index (χ1v) is 3.41. The Hall–Kier alpha value is 0.160. The van der Waals surface area contributed by atoms with Crippen LogP contribution in [0.2, 0.25) is 0 Å². The molecular weight excluding hydrogens is 243 g/mol. The van der Waals surface area contributed by atoms with Gasteiger partial charge < -0.3 is 34.6 Å². The predicted octanol–water partition coefficient (Wildman–Crippen LogP) is -4.85. The minimum atomic E-state index is -0.174. The van der Waals surface area contributed by atoms with Crippen LogP contribution in [0.5, 0.6) is 0 Å². The zero-order chi connectivity index (χ0) is 6.69. The van der Waals surface area contributed by atoms with Gasteiger partial charge in [-0.25, -0.2) is 0 Å². The number of carbonyl (C=O) groups excluding carboxylic acids is 1. The third-order valence-electron chi connectivity index (χ3n) is 1.73. The molecule has 0 aromatic carbocycles. The van der Waals surface area contributed by atoms with Crippen molar-refractivity contribution in [1.82, 2.24) is 0 Å². The highest BCUT2D eigenvalue weighted by molar-refractivity contribution is 5.74. The van der Waals surface area contributed by atoms with Gasteiger partial charge in [0.15, 0.2) is 6.54 Å². The number of rotatable bonds is 2. The lowest BCUT2D eigenvalue weighted by Crippen LogP contribution is -3.11. The zero-order valence-electron chi connectivity index (χ0n) is 5.90. The summed E-state index contributed by atoms with van der Waals surface area (Å²) in [5, 5.41) is 0. The quantitative estimate of drug-likeness (QED) is 0.478. The van der Waals surface area contributed by atoms with E-state index in [1.54, 1.807) is 0 Å². The summed E-state index contributed by atoms with van der Waals surface area (Å²) in [7, 11) is 0. The molecule has 1 aliphatic rings. The second-order valence-electron chi connectivity index (χ2n) is 2.60. The Morgan fingerprint density at radius 3 is 2.30 bits per heavy atom. The molecule has 1 amide bonds. The van der Waals surface area contributed by atoms with Crippen LogP contribution in [0.4, 0.5) is 0 Å². The number of quaternary nitrogens is 1. The van der Waals surface area contributed by atoms with Gasteiger partial charge in [-0.05, 0) is 0 Å². The normalized spacial score (nSPS) is 18.4. The van der Waals surface area contributed by atoms with Crippen LogP contribution in [0.3, 0.4) is 0 Å². The van der Waals surface area contributed by atoms with Gasteiger partial charge in [0, 0.05) is 12.8 Å². The van der Waals surface area contributed by atoms with E-state index in [1.165, 1.54) is 17.7 Å². The maximum Gasteiger partial charge on any atom is 0.272 e. The molecule has 10 heavy (non-hydrogen) atoms. The monoisotopic (exact) mass is 256 g/mol. The van der Waals surface area contributed by atoms with E-state index in [2.05, 4.69) is 0 Å². The minimum absolute atomic E-state index is 0. The molecule has 1 heterocycles. The molecule has 0 saturated carbocycles. The molecule has 1 saturated heterocycles. The summed E-state index contributed by atoms with van der Waals surface area (Å²) in [6.45, 7) is 2.78. The second kappa shape index (κ2) is 4.90. The topological polar surface area (TPSA) is 47.5 Å². The summed E-state index contributed by atoms with van der Waals surface area (Å²) in [6, 6.07) is 0. The van der Waals surface area contributed by atoms with Crippen LogP contribution in [-0.4, -0.2) is 25.5 Å². The molecule has 0 aliphatic carbocycles. The standard InChI is InChI=1S/C6H12N2O.HI/c7-6(9)5-8-3-1-2-4-8;/h1-5H2,(H2,7,9);1H. The average Bonchev–Trinajstić information content (AvgIpc) is 2.15. The highest BCUT2D eigenvalue weighted by Gasteiger charge is 2.16.